The highest BCUT2D eigenvalue weighted by atomic mass is 19.4. The molecule has 0 bridgehead atoms. The van der Waals surface area contributed by atoms with Gasteiger partial charge in [-0.15, -0.1) is 0 Å². The van der Waals surface area contributed by atoms with Gasteiger partial charge in [0.15, 0.2) is 17.6 Å². The van der Waals surface area contributed by atoms with Crippen molar-refractivity contribution in [2.45, 2.75) is 39.3 Å². The van der Waals surface area contributed by atoms with E-state index in [2.05, 4.69) is 0 Å². The Morgan fingerprint density at radius 1 is 1.10 bits per heavy atom. The number of nitrogens with zero attached hydrogens (tertiary/aromatic N) is 2. The molecule has 0 N–H and O–H groups in total. The maximum atomic E-state index is 12.7. The summed E-state index contributed by atoms with van der Waals surface area (Å²) in [6, 6.07) is 2.85. The van der Waals surface area contributed by atoms with E-state index in [0.29, 0.717) is 12.1 Å². The molecule has 0 saturated heterocycles. The molecule has 0 saturated carbocycles. The molecule has 0 unspecified atom stereocenters. The van der Waals surface area contributed by atoms with E-state index in [1.807, 2.05) is 0 Å². The second-order valence-electron chi connectivity index (χ2n) is 4.69. The SMILES string of the molecule is CC[n+]1c(C)n(CC(F)(F)F)c2cc(C(F)(F)F)ccc21. The Hall–Kier alpha value is -1.73. The van der Waals surface area contributed by atoms with Crippen LogP contribution in [0.15, 0.2) is 18.2 Å². The van der Waals surface area contributed by atoms with Gasteiger partial charge in [0.1, 0.15) is 0 Å². The van der Waals surface area contributed by atoms with Gasteiger partial charge >= 0.3 is 12.4 Å². The summed E-state index contributed by atoms with van der Waals surface area (Å²) in [7, 11) is 0. The minimum absolute atomic E-state index is 0.0681. The summed E-state index contributed by atoms with van der Waals surface area (Å²) in [6.45, 7) is 2.24. The molecule has 0 radical (unpaired) electrons. The van der Waals surface area contributed by atoms with Crippen LogP contribution in [-0.4, -0.2) is 10.7 Å². The lowest BCUT2D eigenvalue weighted by Crippen LogP contribution is -2.35. The lowest BCUT2D eigenvalue weighted by Gasteiger charge is -2.07. The summed E-state index contributed by atoms with van der Waals surface area (Å²) in [5.74, 6) is 0.268. The smallest absolute Gasteiger partial charge is 0.228 e. The average Bonchev–Trinajstić information content (AvgIpc) is 2.59. The maximum Gasteiger partial charge on any atom is 0.426 e. The molecule has 0 aliphatic rings. The van der Waals surface area contributed by atoms with Crippen molar-refractivity contribution < 1.29 is 30.9 Å². The van der Waals surface area contributed by atoms with Crippen LogP contribution in [0.2, 0.25) is 0 Å². The van der Waals surface area contributed by atoms with Gasteiger partial charge < -0.3 is 0 Å². The first-order valence-electron chi connectivity index (χ1n) is 6.21. The molecule has 8 heteroatoms. The zero-order valence-electron chi connectivity index (χ0n) is 11.3. The third kappa shape index (κ3) is 2.98. The fourth-order valence-electron chi connectivity index (χ4n) is 2.42. The van der Waals surface area contributed by atoms with Crippen molar-refractivity contribution in [1.29, 1.82) is 0 Å². The molecular formula is C13H13F6N2+. The normalized spacial score (nSPS) is 13.1. The predicted molar refractivity (Wildman–Crippen MR) is 63.6 cm³/mol. The van der Waals surface area contributed by atoms with E-state index < -0.39 is 24.5 Å². The fraction of sp³-hybridized carbons (Fsp3) is 0.462. The van der Waals surface area contributed by atoms with Crippen molar-refractivity contribution in [2.75, 3.05) is 0 Å². The van der Waals surface area contributed by atoms with E-state index >= 15 is 0 Å². The molecule has 2 aromatic rings. The van der Waals surface area contributed by atoms with E-state index in [4.69, 9.17) is 0 Å². The number of alkyl halides is 6. The molecule has 1 heterocycles. The van der Waals surface area contributed by atoms with Gasteiger partial charge in [-0.2, -0.15) is 26.3 Å². The largest absolute Gasteiger partial charge is 0.426 e. The molecule has 1 aromatic carbocycles. The third-order valence-electron chi connectivity index (χ3n) is 3.32. The molecule has 1 aromatic heterocycles. The summed E-state index contributed by atoms with van der Waals surface area (Å²) in [5, 5.41) is 0. The Balaban J connectivity index is 2.72. The highest BCUT2D eigenvalue weighted by Crippen LogP contribution is 2.32. The summed E-state index contributed by atoms with van der Waals surface area (Å²) in [4.78, 5) is 0. The van der Waals surface area contributed by atoms with E-state index in [1.54, 1.807) is 11.5 Å². The first-order valence-corrected chi connectivity index (χ1v) is 6.21. The molecule has 0 aliphatic carbocycles. The first kappa shape index (κ1) is 15.7. The Morgan fingerprint density at radius 2 is 1.71 bits per heavy atom. The number of imidazole rings is 1. The molecule has 2 nitrogen and oxygen atoms in total. The summed E-state index contributed by atoms with van der Waals surface area (Å²) in [6.07, 6.45) is -9.09. The van der Waals surface area contributed by atoms with Crippen molar-refractivity contribution >= 4 is 11.0 Å². The molecule has 0 atom stereocenters. The molecule has 0 amide bonds. The number of hydrogen-bond acceptors (Lipinski definition) is 0. The van der Waals surface area contributed by atoms with Gasteiger partial charge in [-0.25, -0.2) is 9.13 Å². The Labute approximate surface area is 116 Å². The Bertz CT molecular complexity index is 666. The summed E-state index contributed by atoms with van der Waals surface area (Å²) < 4.78 is 78.6. The number of hydrogen-bond donors (Lipinski definition) is 0. The number of fused-ring (bicyclic) bond motifs is 1. The number of benzene rings is 1. The van der Waals surface area contributed by atoms with Gasteiger partial charge in [0, 0.05) is 13.0 Å². The van der Waals surface area contributed by atoms with Crippen molar-refractivity contribution in [2.24, 2.45) is 0 Å². The second-order valence-corrected chi connectivity index (χ2v) is 4.69. The lowest BCUT2D eigenvalue weighted by molar-refractivity contribution is -0.675. The Kier molecular flexibility index (Phi) is 3.67. The van der Waals surface area contributed by atoms with Crippen LogP contribution in [0.3, 0.4) is 0 Å². The average molecular weight is 311 g/mol. The van der Waals surface area contributed by atoms with Crippen LogP contribution in [0, 0.1) is 6.92 Å². The third-order valence-corrected chi connectivity index (χ3v) is 3.32. The van der Waals surface area contributed by atoms with E-state index in [1.165, 1.54) is 13.0 Å². The Morgan fingerprint density at radius 3 is 2.19 bits per heavy atom. The zero-order valence-corrected chi connectivity index (χ0v) is 11.3. The van der Waals surface area contributed by atoms with Crippen molar-refractivity contribution in [1.82, 2.24) is 4.57 Å². The summed E-state index contributed by atoms with van der Waals surface area (Å²) >= 11 is 0. The van der Waals surface area contributed by atoms with Gasteiger partial charge in [-0.3, -0.25) is 0 Å². The topological polar surface area (TPSA) is 8.81 Å². The number of aromatic nitrogens is 2. The predicted octanol–water partition coefficient (Wildman–Crippen LogP) is 3.84. The lowest BCUT2D eigenvalue weighted by atomic mass is 10.2. The zero-order chi connectivity index (χ0) is 16.0. The molecule has 0 aliphatic heterocycles. The number of rotatable bonds is 2. The van der Waals surface area contributed by atoms with Gasteiger partial charge in [0.2, 0.25) is 0 Å². The standard InChI is InChI=1S/C13H13F6N2/c1-3-20-8(2)21(7-12(14,15)16)11-6-9(13(17,18)19)4-5-10(11)20/h4-6H,3,7H2,1-2H3/q+1. The first-order chi connectivity index (χ1) is 9.54. The van der Waals surface area contributed by atoms with E-state index in [0.717, 1.165) is 16.7 Å². The molecule has 0 spiro atoms. The van der Waals surface area contributed by atoms with Crippen LogP contribution in [0.5, 0.6) is 0 Å². The summed E-state index contributed by atoms with van der Waals surface area (Å²) in [5.41, 5.74) is -0.673. The van der Waals surface area contributed by atoms with Crippen LogP contribution in [-0.2, 0) is 19.3 Å². The number of aryl methyl sites for hydroxylation is 1. The fourth-order valence-corrected chi connectivity index (χ4v) is 2.42. The minimum atomic E-state index is -4.59. The van der Waals surface area contributed by atoms with E-state index in [-0.39, 0.29) is 11.3 Å². The van der Waals surface area contributed by atoms with Crippen LogP contribution in [0.25, 0.3) is 11.0 Å². The molecule has 0 fully saturated rings. The van der Waals surface area contributed by atoms with Crippen LogP contribution in [0.4, 0.5) is 26.3 Å². The van der Waals surface area contributed by atoms with Gasteiger partial charge in [0.05, 0.1) is 12.1 Å². The van der Waals surface area contributed by atoms with Crippen molar-refractivity contribution in [3.8, 4) is 0 Å². The van der Waals surface area contributed by atoms with Gasteiger partial charge in [-0.05, 0) is 19.1 Å². The van der Waals surface area contributed by atoms with Crippen molar-refractivity contribution in [3.63, 3.8) is 0 Å². The number of halogens is 6. The quantitative estimate of drug-likeness (QED) is 0.589. The van der Waals surface area contributed by atoms with Crippen molar-refractivity contribution in [3.05, 3.63) is 29.6 Å². The van der Waals surface area contributed by atoms with Gasteiger partial charge in [-0.1, -0.05) is 0 Å². The molecule has 116 valence electrons. The van der Waals surface area contributed by atoms with Crippen LogP contribution >= 0.6 is 0 Å². The maximum absolute atomic E-state index is 12.7. The molecule has 2 rings (SSSR count). The van der Waals surface area contributed by atoms with Crippen LogP contribution < -0.4 is 4.57 Å². The second kappa shape index (κ2) is 4.92. The van der Waals surface area contributed by atoms with Gasteiger partial charge in [0.25, 0.3) is 5.82 Å². The van der Waals surface area contributed by atoms with Crippen LogP contribution in [0.1, 0.15) is 18.3 Å². The molecule has 21 heavy (non-hydrogen) atoms. The minimum Gasteiger partial charge on any atom is -0.228 e. The highest BCUT2D eigenvalue weighted by Gasteiger charge is 2.37. The highest BCUT2D eigenvalue weighted by molar-refractivity contribution is 5.73. The molecular weight excluding hydrogens is 298 g/mol. The van der Waals surface area contributed by atoms with E-state index in [9.17, 15) is 26.3 Å². The monoisotopic (exact) mass is 311 g/mol.